The minimum Gasteiger partial charge on any atom is -0.495 e. The topological polar surface area (TPSA) is 50.6 Å². The average molecular weight is 540 g/mol. The van der Waals surface area contributed by atoms with Crippen molar-refractivity contribution in [3.8, 4) is 5.75 Å². The Labute approximate surface area is 182 Å². The smallest absolute Gasteiger partial charge is 0.436 e. The molecular formula is C18H19Br2F3N4O2. The summed E-state index contributed by atoms with van der Waals surface area (Å²) >= 11 is 6.35. The summed E-state index contributed by atoms with van der Waals surface area (Å²) in [7, 11) is 1.60. The van der Waals surface area contributed by atoms with Gasteiger partial charge in [0.2, 0.25) is 5.91 Å². The largest absolute Gasteiger partial charge is 0.495 e. The van der Waals surface area contributed by atoms with E-state index in [1.54, 1.807) is 12.0 Å². The van der Waals surface area contributed by atoms with Crippen molar-refractivity contribution in [2.45, 2.75) is 19.6 Å². The van der Waals surface area contributed by atoms with Gasteiger partial charge in [0.1, 0.15) is 12.3 Å². The summed E-state index contributed by atoms with van der Waals surface area (Å²) in [6.07, 6.45) is -4.57. The maximum Gasteiger partial charge on any atom is 0.436 e. The van der Waals surface area contributed by atoms with Crippen LogP contribution in [0.15, 0.2) is 27.1 Å². The quantitative estimate of drug-likeness (QED) is 0.587. The molecule has 1 saturated heterocycles. The van der Waals surface area contributed by atoms with Crippen LogP contribution in [-0.4, -0.2) is 53.9 Å². The van der Waals surface area contributed by atoms with Gasteiger partial charge in [-0.15, -0.1) is 0 Å². The van der Waals surface area contributed by atoms with Gasteiger partial charge in [0, 0.05) is 37.9 Å². The predicted octanol–water partition coefficient (Wildman–Crippen LogP) is 4.09. The Balaban J connectivity index is 1.64. The number of alkyl halides is 3. The molecule has 0 N–H and O–H groups in total. The Morgan fingerprint density at radius 2 is 1.86 bits per heavy atom. The lowest BCUT2D eigenvalue weighted by Gasteiger charge is -2.36. The molecule has 0 saturated carbocycles. The Kier molecular flexibility index (Phi) is 6.47. The minimum absolute atomic E-state index is 0.133. The second-order valence-corrected chi connectivity index (χ2v) is 8.24. The van der Waals surface area contributed by atoms with E-state index >= 15 is 0 Å². The molecule has 1 aliphatic heterocycles. The van der Waals surface area contributed by atoms with Gasteiger partial charge in [-0.25, -0.2) is 0 Å². The van der Waals surface area contributed by atoms with Crippen LogP contribution >= 0.6 is 31.9 Å². The molecule has 1 aromatic carbocycles. The van der Waals surface area contributed by atoms with Gasteiger partial charge in [0.05, 0.1) is 21.7 Å². The van der Waals surface area contributed by atoms with E-state index in [2.05, 4.69) is 41.9 Å². The Bertz CT molecular complexity index is 909. The highest BCUT2D eigenvalue weighted by atomic mass is 79.9. The average Bonchev–Trinajstić information content (AvgIpc) is 2.97. The van der Waals surface area contributed by atoms with Crippen LogP contribution in [0.3, 0.4) is 0 Å². The number of carbonyl (C=O) groups excluding carboxylic acids is 1. The van der Waals surface area contributed by atoms with Crippen molar-refractivity contribution >= 4 is 43.5 Å². The molecule has 0 bridgehead atoms. The number of hydrogen-bond donors (Lipinski definition) is 0. The van der Waals surface area contributed by atoms with Gasteiger partial charge in [0.15, 0.2) is 5.69 Å². The molecule has 1 aliphatic rings. The number of carbonyl (C=O) groups is 1. The van der Waals surface area contributed by atoms with E-state index in [0.717, 1.165) is 20.6 Å². The number of aromatic nitrogens is 2. The van der Waals surface area contributed by atoms with Crippen LogP contribution in [-0.2, 0) is 17.5 Å². The fourth-order valence-corrected chi connectivity index (χ4v) is 4.06. The SMILES string of the molecule is COc1cc(N2CCN(C(=O)Cn3nc(C(F)(F)F)c(Br)c3C)CC2)ccc1Br. The lowest BCUT2D eigenvalue weighted by atomic mass is 10.2. The number of methoxy groups -OCH3 is 1. The molecule has 2 heterocycles. The minimum atomic E-state index is -4.57. The number of hydrogen-bond acceptors (Lipinski definition) is 4. The molecule has 6 nitrogen and oxygen atoms in total. The summed E-state index contributed by atoms with van der Waals surface area (Å²) < 4.78 is 46.1. The summed E-state index contributed by atoms with van der Waals surface area (Å²) in [6, 6.07) is 5.79. The van der Waals surface area contributed by atoms with Crippen LogP contribution in [0.4, 0.5) is 18.9 Å². The zero-order valence-electron chi connectivity index (χ0n) is 15.8. The highest BCUT2D eigenvalue weighted by Crippen LogP contribution is 2.35. The second kappa shape index (κ2) is 8.55. The number of piperazine rings is 1. The van der Waals surface area contributed by atoms with E-state index in [9.17, 15) is 18.0 Å². The molecule has 1 aromatic heterocycles. The Morgan fingerprint density at radius 1 is 1.21 bits per heavy atom. The van der Waals surface area contributed by atoms with E-state index in [1.807, 2.05) is 18.2 Å². The number of nitrogens with zero attached hydrogens (tertiary/aromatic N) is 4. The molecular weight excluding hydrogens is 521 g/mol. The van der Waals surface area contributed by atoms with E-state index < -0.39 is 11.9 Å². The van der Waals surface area contributed by atoms with Crippen molar-refractivity contribution in [1.82, 2.24) is 14.7 Å². The molecule has 1 amide bonds. The molecule has 2 aromatic rings. The maximum absolute atomic E-state index is 13.0. The third-order valence-electron chi connectivity index (χ3n) is 4.82. The summed E-state index contributed by atoms with van der Waals surface area (Å²) in [6.45, 7) is 3.46. The fourth-order valence-electron chi connectivity index (χ4n) is 3.15. The summed E-state index contributed by atoms with van der Waals surface area (Å²) in [5.41, 5.74) is 0.238. The first-order chi connectivity index (χ1) is 13.6. The van der Waals surface area contributed by atoms with Crippen molar-refractivity contribution in [3.05, 3.63) is 38.5 Å². The van der Waals surface area contributed by atoms with E-state index in [4.69, 9.17) is 4.74 Å². The van der Waals surface area contributed by atoms with Gasteiger partial charge in [-0.3, -0.25) is 9.48 Å². The van der Waals surface area contributed by atoms with Gasteiger partial charge in [0.25, 0.3) is 0 Å². The maximum atomic E-state index is 13.0. The van der Waals surface area contributed by atoms with Crippen LogP contribution in [0.25, 0.3) is 0 Å². The first-order valence-electron chi connectivity index (χ1n) is 8.78. The van der Waals surface area contributed by atoms with E-state index in [1.165, 1.54) is 6.92 Å². The molecule has 11 heteroatoms. The van der Waals surface area contributed by atoms with Gasteiger partial charge < -0.3 is 14.5 Å². The van der Waals surface area contributed by atoms with Crippen molar-refractivity contribution in [2.75, 3.05) is 38.2 Å². The molecule has 0 spiro atoms. The van der Waals surface area contributed by atoms with Gasteiger partial charge in [-0.1, -0.05) is 0 Å². The van der Waals surface area contributed by atoms with Crippen LogP contribution < -0.4 is 9.64 Å². The van der Waals surface area contributed by atoms with Crippen molar-refractivity contribution in [3.63, 3.8) is 0 Å². The fraction of sp³-hybridized carbons (Fsp3) is 0.444. The number of halogens is 5. The van der Waals surface area contributed by atoms with E-state index in [-0.39, 0.29) is 22.6 Å². The molecule has 0 aliphatic carbocycles. The molecule has 0 atom stereocenters. The second-order valence-electron chi connectivity index (χ2n) is 6.59. The summed E-state index contributed by atoms with van der Waals surface area (Å²) in [5.74, 6) is 0.464. The lowest BCUT2D eigenvalue weighted by Crippen LogP contribution is -2.49. The normalized spacial score (nSPS) is 15.0. The monoisotopic (exact) mass is 538 g/mol. The lowest BCUT2D eigenvalue weighted by molar-refractivity contribution is -0.142. The number of anilines is 1. The van der Waals surface area contributed by atoms with Gasteiger partial charge in [-0.05, 0) is 50.9 Å². The molecule has 0 radical (unpaired) electrons. The molecule has 29 heavy (non-hydrogen) atoms. The Morgan fingerprint density at radius 3 is 2.41 bits per heavy atom. The van der Waals surface area contributed by atoms with Crippen LogP contribution in [0.1, 0.15) is 11.4 Å². The summed E-state index contributed by atoms with van der Waals surface area (Å²) in [4.78, 5) is 16.4. The standard InChI is InChI=1S/C18H19Br2F3N4O2/c1-11-16(20)17(18(21,22)23)24-27(11)10-15(28)26-7-5-25(6-8-26)12-3-4-13(19)14(9-12)29-2/h3-4,9H,5-8,10H2,1-2H3. The number of benzene rings is 1. The van der Waals surface area contributed by atoms with E-state index in [0.29, 0.717) is 26.2 Å². The highest BCUT2D eigenvalue weighted by molar-refractivity contribution is 9.10. The molecule has 1 fully saturated rings. The first-order valence-corrected chi connectivity index (χ1v) is 10.4. The third-order valence-corrected chi connectivity index (χ3v) is 6.42. The molecule has 0 unspecified atom stereocenters. The highest BCUT2D eigenvalue weighted by Gasteiger charge is 2.38. The van der Waals surface area contributed by atoms with Crippen LogP contribution in [0, 0.1) is 6.92 Å². The predicted molar refractivity (Wildman–Crippen MR) is 109 cm³/mol. The van der Waals surface area contributed by atoms with Crippen molar-refractivity contribution in [1.29, 1.82) is 0 Å². The van der Waals surface area contributed by atoms with Crippen LogP contribution in [0.2, 0.25) is 0 Å². The number of ether oxygens (including phenoxy) is 1. The van der Waals surface area contributed by atoms with Crippen molar-refractivity contribution in [2.24, 2.45) is 0 Å². The van der Waals surface area contributed by atoms with Crippen LogP contribution in [0.5, 0.6) is 5.75 Å². The molecule has 158 valence electrons. The number of rotatable bonds is 4. The summed E-state index contributed by atoms with van der Waals surface area (Å²) in [5, 5.41) is 3.57. The Hall–Kier alpha value is -1.75. The van der Waals surface area contributed by atoms with Gasteiger partial charge >= 0.3 is 6.18 Å². The van der Waals surface area contributed by atoms with Crippen molar-refractivity contribution < 1.29 is 22.7 Å². The third kappa shape index (κ3) is 4.71. The first kappa shape index (κ1) is 21.9. The number of amides is 1. The molecule has 3 rings (SSSR count). The zero-order chi connectivity index (χ0) is 21.3. The van der Waals surface area contributed by atoms with Gasteiger partial charge in [-0.2, -0.15) is 18.3 Å². The zero-order valence-corrected chi connectivity index (χ0v) is 18.9.